The van der Waals surface area contributed by atoms with Gasteiger partial charge in [-0.25, -0.2) is 13.8 Å². The van der Waals surface area contributed by atoms with Crippen LogP contribution in [0.2, 0.25) is 0 Å². The van der Waals surface area contributed by atoms with Crippen molar-refractivity contribution in [2.75, 3.05) is 7.11 Å². The molecule has 0 aromatic carbocycles. The third-order valence-electron chi connectivity index (χ3n) is 1.77. The summed E-state index contributed by atoms with van der Waals surface area (Å²) in [5.41, 5.74) is -1.68. The van der Waals surface area contributed by atoms with Gasteiger partial charge in [0.1, 0.15) is 17.0 Å². The normalized spacial score (nSPS) is 11.5. The summed E-state index contributed by atoms with van der Waals surface area (Å²) in [7, 11) is 0.974. The van der Waals surface area contributed by atoms with Crippen molar-refractivity contribution in [3.8, 4) is 11.6 Å². The molecule has 18 heavy (non-hydrogen) atoms. The van der Waals surface area contributed by atoms with E-state index in [4.69, 9.17) is 0 Å². The second-order valence-corrected chi connectivity index (χ2v) is 2.93. The van der Waals surface area contributed by atoms with Crippen molar-refractivity contribution >= 4 is 6.29 Å². The third-order valence-corrected chi connectivity index (χ3v) is 1.77. The fourth-order valence-corrected chi connectivity index (χ4v) is 1.11. The van der Waals surface area contributed by atoms with Gasteiger partial charge in [0.05, 0.1) is 7.11 Å². The number of aromatic nitrogens is 1. The van der Waals surface area contributed by atoms with Crippen LogP contribution in [0.25, 0.3) is 0 Å². The molecule has 0 fully saturated rings. The largest absolute Gasteiger partial charge is 0.573 e. The van der Waals surface area contributed by atoms with E-state index in [0.29, 0.717) is 6.07 Å². The summed E-state index contributed by atoms with van der Waals surface area (Å²) in [5.74, 6) is -1.75. The van der Waals surface area contributed by atoms with Gasteiger partial charge >= 0.3 is 6.36 Å². The van der Waals surface area contributed by atoms with Gasteiger partial charge in [-0.3, -0.25) is 4.79 Å². The number of carbonyl (C=O) groups is 1. The zero-order valence-corrected chi connectivity index (χ0v) is 8.79. The molecule has 0 amide bonds. The smallest absolute Gasteiger partial charge is 0.480 e. The number of carbonyl (C=O) groups excluding carboxylic acids is 1. The van der Waals surface area contributed by atoms with E-state index in [-0.39, 0.29) is 6.29 Å². The number of nitrogens with zero attached hydrogens (tertiary/aromatic N) is 1. The summed E-state index contributed by atoms with van der Waals surface area (Å²) in [5, 5.41) is 0. The molecule has 0 aliphatic rings. The van der Waals surface area contributed by atoms with Crippen LogP contribution in [0.3, 0.4) is 0 Å². The van der Waals surface area contributed by atoms with Gasteiger partial charge in [-0.05, 0) is 0 Å². The summed E-state index contributed by atoms with van der Waals surface area (Å²) < 4.78 is 68.8. The van der Waals surface area contributed by atoms with Gasteiger partial charge in [0, 0.05) is 6.07 Å². The molecule has 9 heteroatoms. The minimum absolute atomic E-state index is 0.0256. The summed E-state index contributed by atoms with van der Waals surface area (Å²) in [6.45, 7) is 0. The number of methoxy groups -OCH3 is 1. The van der Waals surface area contributed by atoms with Gasteiger partial charge < -0.3 is 9.47 Å². The van der Waals surface area contributed by atoms with Crippen LogP contribution in [-0.2, 0) is 0 Å². The van der Waals surface area contributed by atoms with E-state index in [1.165, 1.54) is 0 Å². The molecule has 0 radical (unpaired) electrons. The molecule has 100 valence electrons. The van der Waals surface area contributed by atoms with Crippen molar-refractivity contribution in [1.29, 1.82) is 0 Å². The molecule has 0 spiro atoms. The standard InChI is InChI=1S/C9H6F5NO3/c1-17-8-4(3-16)6(18-9(12,13)14)2-5(15-8)7(10)11/h2-3,7H,1H3. The molecule has 0 bridgehead atoms. The molecule has 0 saturated heterocycles. The van der Waals surface area contributed by atoms with E-state index in [0.717, 1.165) is 7.11 Å². The van der Waals surface area contributed by atoms with Gasteiger partial charge in [-0.15, -0.1) is 13.2 Å². The fourth-order valence-electron chi connectivity index (χ4n) is 1.11. The lowest BCUT2D eigenvalue weighted by Crippen LogP contribution is -2.19. The van der Waals surface area contributed by atoms with E-state index in [9.17, 15) is 26.7 Å². The molecular formula is C9H6F5NO3. The van der Waals surface area contributed by atoms with Crippen LogP contribution in [0, 0.1) is 0 Å². The molecule has 0 aliphatic heterocycles. The first-order chi connectivity index (χ1) is 8.28. The number of alkyl halides is 5. The zero-order chi connectivity index (χ0) is 13.9. The molecule has 1 aromatic rings. The Balaban J connectivity index is 3.35. The molecule has 1 rings (SSSR count). The van der Waals surface area contributed by atoms with E-state index >= 15 is 0 Å². The Bertz CT molecular complexity index is 447. The fraction of sp³-hybridized carbons (Fsp3) is 0.333. The predicted molar refractivity (Wildman–Crippen MR) is 47.8 cm³/mol. The van der Waals surface area contributed by atoms with Crippen LogP contribution < -0.4 is 9.47 Å². The van der Waals surface area contributed by atoms with Crippen LogP contribution >= 0.6 is 0 Å². The number of pyridine rings is 1. The van der Waals surface area contributed by atoms with Crippen molar-refractivity contribution < 1.29 is 36.2 Å². The summed E-state index contributed by atoms with van der Waals surface area (Å²) in [4.78, 5) is 13.8. The SMILES string of the molecule is COc1nc(C(F)F)cc(OC(F)(F)F)c1C=O. The summed E-state index contributed by atoms with van der Waals surface area (Å²) in [6, 6.07) is 0.338. The van der Waals surface area contributed by atoms with Gasteiger partial charge in [-0.2, -0.15) is 0 Å². The lowest BCUT2D eigenvalue weighted by molar-refractivity contribution is -0.274. The second-order valence-electron chi connectivity index (χ2n) is 2.93. The Kier molecular flexibility index (Phi) is 4.04. The second kappa shape index (κ2) is 5.15. The number of hydrogen-bond donors (Lipinski definition) is 0. The van der Waals surface area contributed by atoms with Crippen LogP contribution in [0.15, 0.2) is 6.07 Å². The Hall–Kier alpha value is -1.93. The summed E-state index contributed by atoms with van der Waals surface area (Å²) >= 11 is 0. The maximum atomic E-state index is 12.4. The maximum absolute atomic E-state index is 12.4. The minimum Gasteiger partial charge on any atom is -0.480 e. The third kappa shape index (κ3) is 3.28. The number of ether oxygens (including phenoxy) is 2. The topological polar surface area (TPSA) is 48.4 Å². The van der Waals surface area contributed by atoms with Gasteiger partial charge in [0.2, 0.25) is 5.88 Å². The highest BCUT2D eigenvalue weighted by atomic mass is 19.4. The molecule has 1 heterocycles. The monoisotopic (exact) mass is 271 g/mol. The quantitative estimate of drug-likeness (QED) is 0.624. The van der Waals surface area contributed by atoms with Crippen LogP contribution in [0.4, 0.5) is 22.0 Å². The highest BCUT2D eigenvalue weighted by molar-refractivity contribution is 5.82. The molecule has 0 saturated carbocycles. The van der Waals surface area contributed by atoms with E-state index in [1.54, 1.807) is 0 Å². The molecule has 0 unspecified atom stereocenters. The van der Waals surface area contributed by atoms with Gasteiger partial charge in [0.25, 0.3) is 6.43 Å². The van der Waals surface area contributed by atoms with Crippen molar-refractivity contribution in [2.24, 2.45) is 0 Å². The number of halogens is 5. The average Bonchev–Trinajstić information content (AvgIpc) is 2.25. The Morgan fingerprint density at radius 3 is 2.39 bits per heavy atom. The van der Waals surface area contributed by atoms with Crippen molar-refractivity contribution in [3.63, 3.8) is 0 Å². The lowest BCUT2D eigenvalue weighted by atomic mass is 10.2. The molecule has 0 N–H and O–H groups in total. The first-order valence-electron chi connectivity index (χ1n) is 4.36. The Labute approximate surface area is 97.3 Å². The number of rotatable bonds is 4. The van der Waals surface area contributed by atoms with Crippen LogP contribution in [0.5, 0.6) is 11.6 Å². The number of hydrogen-bond acceptors (Lipinski definition) is 4. The van der Waals surface area contributed by atoms with Crippen molar-refractivity contribution in [1.82, 2.24) is 4.98 Å². The van der Waals surface area contributed by atoms with E-state index in [1.807, 2.05) is 0 Å². The Morgan fingerprint density at radius 1 is 1.39 bits per heavy atom. The van der Waals surface area contributed by atoms with Crippen LogP contribution in [0.1, 0.15) is 22.5 Å². The average molecular weight is 271 g/mol. The van der Waals surface area contributed by atoms with Crippen LogP contribution in [-0.4, -0.2) is 24.7 Å². The van der Waals surface area contributed by atoms with Crippen molar-refractivity contribution in [2.45, 2.75) is 12.8 Å². The number of aldehydes is 1. The first-order valence-corrected chi connectivity index (χ1v) is 4.36. The lowest BCUT2D eigenvalue weighted by Gasteiger charge is -2.13. The summed E-state index contributed by atoms with van der Waals surface area (Å²) in [6.07, 6.45) is -8.28. The first kappa shape index (κ1) is 14.1. The molecule has 0 aliphatic carbocycles. The molecule has 4 nitrogen and oxygen atoms in total. The van der Waals surface area contributed by atoms with Gasteiger partial charge in [-0.1, -0.05) is 0 Å². The van der Waals surface area contributed by atoms with Gasteiger partial charge in [0.15, 0.2) is 6.29 Å². The van der Waals surface area contributed by atoms with Crippen molar-refractivity contribution in [3.05, 3.63) is 17.3 Å². The zero-order valence-electron chi connectivity index (χ0n) is 8.79. The highest BCUT2D eigenvalue weighted by Crippen LogP contribution is 2.33. The van der Waals surface area contributed by atoms with E-state index < -0.39 is 35.7 Å². The minimum atomic E-state index is -5.12. The maximum Gasteiger partial charge on any atom is 0.573 e. The Morgan fingerprint density at radius 2 is 2.00 bits per heavy atom. The van der Waals surface area contributed by atoms with E-state index in [2.05, 4.69) is 14.5 Å². The molecule has 1 aromatic heterocycles. The molecule has 0 atom stereocenters. The molecular weight excluding hydrogens is 265 g/mol. The highest BCUT2D eigenvalue weighted by Gasteiger charge is 2.33. The predicted octanol–water partition coefficient (Wildman–Crippen LogP) is 2.74.